The number of carbonyl (C=O) groups excluding carboxylic acids is 1. The Morgan fingerprint density at radius 3 is 2.41 bits per heavy atom. The van der Waals surface area contributed by atoms with Crippen molar-refractivity contribution < 1.29 is 14.0 Å². The van der Waals surface area contributed by atoms with Gasteiger partial charge in [0.2, 0.25) is 5.75 Å². The number of benzene rings is 1. The summed E-state index contributed by atoms with van der Waals surface area (Å²) in [6, 6.07) is 10.2. The minimum absolute atomic E-state index is 0.00705. The number of aromatic amines is 1. The quantitative estimate of drug-likeness (QED) is 0.178. The number of unbranched alkanes of at least 4 members (excludes halogenated alkanes) is 1. The van der Waals surface area contributed by atoms with Gasteiger partial charge in [-0.1, -0.05) is 52.3 Å². The van der Waals surface area contributed by atoms with Crippen molar-refractivity contribution in [3.63, 3.8) is 0 Å². The largest absolute Gasteiger partial charge is 0.486 e. The van der Waals surface area contributed by atoms with Crippen molar-refractivity contribution >= 4 is 25.1 Å². The summed E-state index contributed by atoms with van der Waals surface area (Å²) in [6.07, 6.45) is 4.16. The van der Waals surface area contributed by atoms with Crippen LogP contribution in [0.15, 0.2) is 41.3 Å². The van der Waals surface area contributed by atoms with Crippen LogP contribution in [0.5, 0.6) is 5.75 Å². The summed E-state index contributed by atoms with van der Waals surface area (Å²) >= 11 is 0. The lowest BCUT2D eigenvalue weighted by Crippen LogP contribution is -2.45. The van der Waals surface area contributed by atoms with E-state index in [1.807, 2.05) is 26.0 Å². The molecule has 0 atom stereocenters. The number of ether oxygens (including phenoxy) is 1. The number of aromatic nitrogens is 3. The standard InChI is InChI=1S/C32H50N4O4Si/c1-11-12-20-39-28-27(30(38)35(23(2)3)19-21-40-41(9,10)31(4,5)6)33-26(34-29(28)37)22-32(7,8)36-18-17-24-15-13-14-16-25(24)36/h13-18,23H,11-12,19-22H2,1-10H3,(H,33,34,37). The number of hydrogen-bond donors (Lipinski definition) is 1. The lowest BCUT2D eigenvalue weighted by atomic mass is 9.99. The fourth-order valence-electron chi connectivity index (χ4n) is 4.64. The molecule has 1 amide bonds. The van der Waals surface area contributed by atoms with Gasteiger partial charge in [-0.05, 0) is 69.8 Å². The predicted octanol–water partition coefficient (Wildman–Crippen LogP) is 6.75. The van der Waals surface area contributed by atoms with E-state index >= 15 is 0 Å². The third-order valence-corrected chi connectivity index (χ3v) is 12.7. The van der Waals surface area contributed by atoms with E-state index in [1.54, 1.807) is 4.90 Å². The molecule has 0 saturated heterocycles. The van der Waals surface area contributed by atoms with Crippen molar-refractivity contribution in [1.29, 1.82) is 0 Å². The SMILES string of the molecule is CCCCOc1c(C(=O)N(CCO[Si](C)(C)C(C)(C)C)C(C)C)nc(CC(C)(C)n2ccc3ccccc32)[nH]c1=O. The molecule has 3 rings (SSSR count). The molecule has 1 aromatic carbocycles. The molecular weight excluding hydrogens is 532 g/mol. The van der Waals surface area contributed by atoms with Gasteiger partial charge in [-0.2, -0.15) is 0 Å². The summed E-state index contributed by atoms with van der Waals surface area (Å²) in [4.78, 5) is 36.8. The lowest BCUT2D eigenvalue weighted by Gasteiger charge is -2.37. The van der Waals surface area contributed by atoms with Crippen LogP contribution in [-0.4, -0.2) is 59.5 Å². The highest BCUT2D eigenvalue weighted by atomic mass is 28.4. The van der Waals surface area contributed by atoms with Gasteiger partial charge in [0.25, 0.3) is 11.5 Å². The lowest BCUT2D eigenvalue weighted by molar-refractivity contribution is 0.0657. The van der Waals surface area contributed by atoms with E-state index in [0.29, 0.717) is 32.0 Å². The second-order valence-electron chi connectivity index (χ2n) is 13.3. The molecule has 226 valence electrons. The number of hydrogen-bond acceptors (Lipinski definition) is 5. The van der Waals surface area contributed by atoms with Gasteiger partial charge in [0.1, 0.15) is 5.82 Å². The Hall–Kier alpha value is -2.91. The summed E-state index contributed by atoms with van der Waals surface area (Å²) in [7, 11) is -1.98. The number of nitrogens with one attached hydrogen (secondary N) is 1. The Kier molecular flexibility index (Phi) is 10.3. The molecule has 2 aromatic heterocycles. The Bertz CT molecular complexity index is 1380. The van der Waals surface area contributed by atoms with E-state index in [9.17, 15) is 9.59 Å². The van der Waals surface area contributed by atoms with Gasteiger partial charge in [-0.15, -0.1) is 0 Å². The van der Waals surface area contributed by atoms with Crippen LogP contribution in [0.3, 0.4) is 0 Å². The summed E-state index contributed by atoms with van der Waals surface area (Å²) in [5.41, 5.74) is 0.319. The molecule has 0 radical (unpaired) electrons. The maximum atomic E-state index is 14.0. The summed E-state index contributed by atoms with van der Waals surface area (Å²) in [6.45, 7) is 22.4. The first-order valence-corrected chi connectivity index (χ1v) is 17.8. The van der Waals surface area contributed by atoms with Gasteiger partial charge in [0.15, 0.2) is 14.0 Å². The van der Waals surface area contributed by atoms with E-state index in [2.05, 4.69) is 88.6 Å². The van der Waals surface area contributed by atoms with Crippen LogP contribution in [0.25, 0.3) is 10.9 Å². The van der Waals surface area contributed by atoms with Gasteiger partial charge in [-0.25, -0.2) is 4.98 Å². The van der Waals surface area contributed by atoms with Gasteiger partial charge >= 0.3 is 0 Å². The van der Waals surface area contributed by atoms with Gasteiger partial charge < -0.3 is 23.6 Å². The fourth-order valence-corrected chi connectivity index (χ4v) is 5.68. The number of amides is 1. The second-order valence-corrected chi connectivity index (χ2v) is 18.1. The molecule has 0 bridgehead atoms. The number of rotatable bonds is 13. The Morgan fingerprint density at radius 2 is 1.78 bits per heavy atom. The Labute approximate surface area is 246 Å². The molecule has 3 aromatic rings. The molecule has 0 fully saturated rings. The van der Waals surface area contributed by atoms with Crippen molar-refractivity contribution in [2.45, 2.75) is 104 Å². The highest BCUT2D eigenvalue weighted by molar-refractivity contribution is 6.74. The molecule has 0 saturated carbocycles. The van der Waals surface area contributed by atoms with Crippen LogP contribution in [0.1, 0.15) is 84.5 Å². The maximum Gasteiger partial charge on any atom is 0.294 e. The molecule has 2 heterocycles. The zero-order valence-electron chi connectivity index (χ0n) is 26.8. The Morgan fingerprint density at radius 1 is 1.10 bits per heavy atom. The van der Waals surface area contributed by atoms with Crippen LogP contribution < -0.4 is 10.3 Å². The molecule has 0 unspecified atom stereocenters. The van der Waals surface area contributed by atoms with Gasteiger partial charge in [0, 0.05) is 36.3 Å². The van der Waals surface area contributed by atoms with Crippen LogP contribution in [0.2, 0.25) is 18.1 Å². The molecule has 0 spiro atoms. The molecule has 41 heavy (non-hydrogen) atoms. The average molecular weight is 583 g/mol. The van der Waals surface area contributed by atoms with Crippen LogP contribution in [0, 0.1) is 0 Å². The molecule has 9 heteroatoms. The zero-order chi connectivity index (χ0) is 30.6. The molecular formula is C32H50N4O4Si. The van der Waals surface area contributed by atoms with E-state index in [1.165, 1.54) is 0 Å². The van der Waals surface area contributed by atoms with Crippen molar-refractivity contribution in [2.75, 3.05) is 19.8 Å². The van der Waals surface area contributed by atoms with Crippen molar-refractivity contribution in [2.24, 2.45) is 0 Å². The smallest absolute Gasteiger partial charge is 0.294 e. The predicted molar refractivity (Wildman–Crippen MR) is 170 cm³/mol. The molecule has 8 nitrogen and oxygen atoms in total. The fraction of sp³-hybridized carbons (Fsp3) is 0.594. The first-order valence-electron chi connectivity index (χ1n) is 14.9. The summed E-state index contributed by atoms with van der Waals surface area (Å²) in [5, 5.41) is 1.21. The van der Waals surface area contributed by atoms with Crippen molar-refractivity contribution in [3.05, 3.63) is 58.4 Å². The number of carbonyl (C=O) groups is 1. The van der Waals surface area contributed by atoms with Crippen LogP contribution in [-0.2, 0) is 16.4 Å². The highest BCUT2D eigenvalue weighted by Crippen LogP contribution is 2.36. The van der Waals surface area contributed by atoms with Gasteiger partial charge in [-0.3, -0.25) is 9.59 Å². The van der Waals surface area contributed by atoms with E-state index in [4.69, 9.17) is 14.1 Å². The second kappa shape index (κ2) is 12.9. The summed E-state index contributed by atoms with van der Waals surface area (Å²) < 4.78 is 14.5. The number of nitrogens with zero attached hydrogens (tertiary/aromatic N) is 3. The topological polar surface area (TPSA) is 89.4 Å². The van der Waals surface area contributed by atoms with E-state index < -0.39 is 19.4 Å². The first kappa shape index (κ1) is 32.6. The molecule has 1 N–H and O–H groups in total. The number of para-hydroxylation sites is 1. The number of fused-ring (bicyclic) bond motifs is 1. The minimum Gasteiger partial charge on any atom is -0.486 e. The monoisotopic (exact) mass is 582 g/mol. The minimum atomic E-state index is -1.98. The maximum absolute atomic E-state index is 14.0. The highest BCUT2D eigenvalue weighted by Gasteiger charge is 2.37. The van der Waals surface area contributed by atoms with Crippen molar-refractivity contribution in [1.82, 2.24) is 19.4 Å². The summed E-state index contributed by atoms with van der Waals surface area (Å²) in [5.74, 6) is 0.125. The molecule has 0 aliphatic heterocycles. The average Bonchev–Trinajstić information content (AvgIpc) is 3.31. The number of H-pyrrole nitrogens is 1. The third kappa shape index (κ3) is 7.68. The van der Waals surface area contributed by atoms with Crippen molar-refractivity contribution in [3.8, 4) is 5.75 Å². The Balaban J connectivity index is 1.96. The molecule has 0 aliphatic rings. The normalized spacial score (nSPS) is 12.8. The zero-order valence-corrected chi connectivity index (χ0v) is 27.8. The van der Waals surface area contributed by atoms with Crippen LogP contribution in [0.4, 0.5) is 0 Å². The van der Waals surface area contributed by atoms with E-state index in [0.717, 1.165) is 23.7 Å². The molecule has 0 aliphatic carbocycles. The van der Waals surface area contributed by atoms with Gasteiger partial charge in [0.05, 0.1) is 13.2 Å². The van der Waals surface area contributed by atoms with E-state index in [-0.39, 0.29) is 28.4 Å². The first-order chi connectivity index (χ1) is 19.1. The van der Waals surface area contributed by atoms with Crippen LogP contribution >= 0.6 is 0 Å². The third-order valence-electron chi connectivity index (χ3n) is 8.21.